The van der Waals surface area contributed by atoms with E-state index in [0.29, 0.717) is 0 Å². The highest BCUT2D eigenvalue weighted by molar-refractivity contribution is 9.10. The van der Waals surface area contributed by atoms with Crippen molar-refractivity contribution in [1.29, 1.82) is 0 Å². The van der Waals surface area contributed by atoms with Gasteiger partial charge in [-0.3, -0.25) is 0 Å². The lowest BCUT2D eigenvalue weighted by molar-refractivity contribution is 1.02. The van der Waals surface area contributed by atoms with Gasteiger partial charge in [0.1, 0.15) is 16.2 Å². The standard InChI is InChI=1S/C10H12BrN3S/c1-3-5-15-6-4-12-10-7-9(11)13-8(2)14-10/h1,7H,4-6H2,2H3,(H,12,13,14). The van der Waals surface area contributed by atoms with Crippen molar-refractivity contribution in [2.75, 3.05) is 23.4 Å². The summed E-state index contributed by atoms with van der Waals surface area (Å²) >= 11 is 5.05. The molecule has 1 N–H and O–H groups in total. The van der Waals surface area contributed by atoms with Gasteiger partial charge in [0.2, 0.25) is 0 Å². The van der Waals surface area contributed by atoms with Gasteiger partial charge in [-0.15, -0.1) is 18.2 Å². The van der Waals surface area contributed by atoms with Crippen LogP contribution in [0.5, 0.6) is 0 Å². The van der Waals surface area contributed by atoms with Crippen LogP contribution in [-0.4, -0.2) is 28.0 Å². The quantitative estimate of drug-likeness (QED) is 0.512. The Kier molecular flexibility index (Phi) is 5.51. The molecular formula is C10H12BrN3S. The third-order valence-electron chi connectivity index (χ3n) is 1.54. The van der Waals surface area contributed by atoms with E-state index < -0.39 is 0 Å². The molecule has 0 saturated heterocycles. The van der Waals surface area contributed by atoms with E-state index in [1.807, 2.05) is 13.0 Å². The Hall–Kier alpha value is -0.730. The molecule has 5 heteroatoms. The highest BCUT2D eigenvalue weighted by Crippen LogP contribution is 2.11. The smallest absolute Gasteiger partial charge is 0.130 e. The summed E-state index contributed by atoms with van der Waals surface area (Å²) in [7, 11) is 0. The van der Waals surface area contributed by atoms with Crippen LogP contribution in [0, 0.1) is 19.3 Å². The van der Waals surface area contributed by atoms with E-state index in [-0.39, 0.29) is 0 Å². The Balaban J connectivity index is 2.34. The van der Waals surface area contributed by atoms with Gasteiger partial charge in [-0.1, -0.05) is 5.92 Å². The van der Waals surface area contributed by atoms with Crippen LogP contribution in [-0.2, 0) is 0 Å². The summed E-state index contributed by atoms with van der Waals surface area (Å²) in [5.74, 6) is 5.92. The number of terminal acetylenes is 1. The maximum Gasteiger partial charge on any atom is 0.130 e. The first kappa shape index (κ1) is 12.3. The maximum absolute atomic E-state index is 5.14. The zero-order chi connectivity index (χ0) is 11.1. The number of nitrogens with one attached hydrogen (secondary N) is 1. The molecule has 15 heavy (non-hydrogen) atoms. The molecule has 0 saturated carbocycles. The minimum atomic E-state index is 0.753. The van der Waals surface area contributed by atoms with Crippen LogP contribution in [0.3, 0.4) is 0 Å². The molecule has 0 bridgehead atoms. The van der Waals surface area contributed by atoms with Gasteiger partial charge in [-0.05, 0) is 22.9 Å². The fraction of sp³-hybridized carbons (Fsp3) is 0.400. The number of aryl methyl sites for hydroxylation is 1. The summed E-state index contributed by atoms with van der Waals surface area (Å²) in [4.78, 5) is 8.38. The van der Waals surface area contributed by atoms with Crippen LogP contribution >= 0.6 is 27.7 Å². The molecule has 0 spiro atoms. The van der Waals surface area contributed by atoms with E-state index >= 15 is 0 Å². The first-order chi connectivity index (χ1) is 7.22. The molecule has 0 aliphatic heterocycles. The summed E-state index contributed by atoms with van der Waals surface area (Å²) in [6.45, 7) is 2.72. The highest BCUT2D eigenvalue weighted by Gasteiger charge is 1.98. The second kappa shape index (κ2) is 6.70. The molecule has 80 valence electrons. The van der Waals surface area contributed by atoms with Gasteiger partial charge in [-0.2, -0.15) is 0 Å². The van der Waals surface area contributed by atoms with Crippen molar-refractivity contribution in [2.24, 2.45) is 0 Å². The van der Waals surface area contributed by atoms with Crippen molar-refractivity contribution in [3.8, 4) is 12.3 Å². The molecule has 0 aliphatic carbocycles. The summed E-state index contributed by atoms with van der Waals surface area (Å²) < 4.78 is 0.800. The summed E-state index contributed by atoms with van der Waals surface area (Å²) in [6, 6.07) is 1.86. The third-order valence-corrected chi connectivity index (χ3v) is 2.81. The zero-order valence-corrected chi connectivity index (χ0v) is 10.9. The number of anilines is 1. The van der Waals surface area contributed by atoms with E-state index in [9.17, 15) is 0 Å². The molecule has 1 aromatic rings. The molecule has 0 aliphatic rings. The first-order valence-corrected chi connectivity index (χ1v) is 6.43. The summed E-state index contributed by atoms with van der Waals surface area (Å²) in [6.07, 6.45) is 5.14. The Morgan fingerprint density at radius 3 is 3.07 bits per heavy atom. The minimum Gasteiger partial charge on any atom is -0.369 e. The Bertz CT molecular complexity index is 342. The van der Waals surface area contributed by atoms with Crippen LogP contribution in [0.4, 0.5) is 5.82 Å². The van der Waals surface area contributed by atoms with Crippen LogP contribution in [0.2, 0.25) is 0 Å². The van der Waals surface area contributed by atoms with Crippen molar-refractivity contribution in [3.05, 3.63) is 16.5 Å². The number of rotatable bonds is 5. The van der Waals surface area contributed by atoms with Crippen molar-refractivity contribution in [1.82, 2.24) is 9.97 Å². The van der Waals surface area contributed by atoms with Gasteiger partial charge in [0.15, 0.2) is 0 Å². The average molecular weight is 286 g/mol. The largest absolute Gasteiger partial charge is 0.369 e. The second-order valence-corrected chi connectivity index (χ2v) is 4.72. The van der Waals surface area contributed by atoms with Crippen LogP contribution < -0.4 is 5.32 Å². The molecule has 1 aromatic heterocycles. The van der Waals surface area contributed by atoms with Gasteiger partial charge >= 0.3 is 0 Å². The van der Waals surface area contributed by atoms with Gasteiger partial charge in [0.25, 0.3) is 0 Å². The molecule has 3 nitrogen and oxygen atoms in total. The number of nitrogens with zero attached hydrogens (tertiary/aromatic N) is 2. The molecule has 0 fully saturated rings. The number of halogens is 1. The summed E-state index contributed by atoms with van der Waals surface area (Å²) in [5, 5.41) is 3.21. The fourth-order valence-electron chi connectivity index (χ4n) is 1.00. The van der Waals surface area contributed by atoms with Crippen LogP contribution in [0.15, 0.2) is 10.7 Å². The molecule has 0 amide bonds. The van der Waals surface area contributed by atoms with Gasteiger partial charge in [0.05, 0.1) is 5.75 Å². The Morgan fingerprint density at radius 1 is 1.60 bits per heavy atom. The van der Waals surface area contributed by atoms with Crippen molar-refractivity contribution in [3.63, 3.8) is 0 Å². The number of aromatic nitrogens is 2. The Morgan fingerprint density at radius 2 is 2.40 bits per heavy atom. The topological polar surface area (TPSA) is 37.8 Å². The molecule has 0 atom stereocenters. The lowest BCUT2D eigenvalue weighted by Gasteiger charge is -2.05. The lowest BCUT2D eigenvalue weighted by atomic mass is 10.5. The molecule has 0 unspecified atom stereocenters. The van der Waals surface area contributed by atoms with Crippen molar-refractivity contribution < 1.29 is 0 Å². The number of hydrogen-bond donors (Lipinski definition) is 1. The predicted octanol–water partition coefficient (Wildman–Crippen LogP) is 2.33. The molecule has 1 rings (SSSR count). The van der Waals surface area contributed by atoms with E-state index in [1.165, 1.54) is 0 Å². The number of hydrogen-bond acceptors (Lipinski definition) is 4. The van der Waals surface area contributed by atoms with Gasteiger partial charge in [0, 0.05) is 18.4 Å². The third kappa shape index (κ3) is 5.05. The van der Waals surface area contributed by atoms with E-state index in [4.69, 9.17) is 6.42 Å². The van der Waals surface area contributed by atoms with E-state index in [1.54, 1.807) is 11.8 Å². The van der Waals surface area contributed by atoms with Crippen molar-refractivity contribution in [2.45, 2.75) is 6.92 Å². The second-order valence-electron chi connectivity index (χ2n) is 2.81. The maximum atomic E-state index is 5.14. The van der Waals surface area contributed by atoms with Gasteiger partial charge in [-0.25, -0.2) is 9.97 Å². The zero-order valence-electron chi connectivity index (χ0n) is 8.46. The average Bonchev–Trinajstić information content (AvgIpc) is 2.16. The van der Waals surface area contributed by atoms with E-state index in [2.05, 4.69) is 37.1 Å². The van der Waals surface area contributed by atoms with Crippen LogP contribution in [0.25, 0.3) is 0 Å². The normalized spacial score (nSPS) is 9.67. The molecule has 1 heterocycles. The SMILES string of the molecule is C#CCSCCNc1cc(Br)nc(C)n1. The number of thioether (sulfide) groups is 1. The van der Waals surface area contributed by atoms with Gasteiger partial charge < -0.3 is 5.32 Å². The molecule has 0 aromatic carbocycles. The van der Waals surface area contributed by atoms with E-state index in [0.717, 1.165) is 34.3 Å². The highest BCUT2D eigenvalue weighted by atomic mass is 79.9. The van der Waals surface area contributed by atoms with Crippen LogP contribution in [0.1, 0.15) is 5.82 Å². The summed E-state index contributed by atoms with van der Waals surface area (Å²) in [5.41, 5.74) is 0. The molecular weight excluding hydrogens is 274 g/mol. The Labute approximate surface area is 103 Å². The predicted molar refractivity (Wildman–Crippen MR) is 69.1 cm³/mol. The fourth-order valence-corrected chi connectivity index (χ4v) is 1.99. The first-order valence-electron chi connectivity index (χ1n) is 4.48. The lowest BCUT2D eigenvalue weighted by Crippen LogP contribution is -2.07. The molecule has 0 radical (unpaired) electrons. The van der Waals surface area contributed by atoms with Crippen molar-refractivity contribution >= 4 is 33.5 Å². The minimum absolute atomic E-state index is 0.753. The monoisotopic (exact) mass is 285 g/mol.